The Balaban J connectivity index is 0.00000341. The van der Waals surface area contributed by atoms with Crippen LogP contribution in [-0.2, 0) is 11.3 Å². The molecule has 176 valence electrons. The van der Waals surface area contributed by atoms with Crippen LogP contribution in [0.4, 0.5) is 0 Å². The van der Waals surface area contributed by atoms with Crippen molar-refractivity contribution in [3.8, 4) is 5.75 Å². The first-order valence-electron chi connectivity index (χ1n) is 11.8. The number of unbranched alkanes of at least 4 members (excludes halogenated alkanes) is 1. The molecule has 0 radical (unpaired) electrons. The number of hydrogen-bond donors (Lipinski definition) is 2. The van der Waals surface area contributed by atoms with Crippen molar-refractivity contribution in [2.24, 2.45) is 4.99 Å². The van der Waals surface area contributed by atoms with Gasteiger partial charge in [-0.2, -0.15) is 0 Å². The molecule has 3 rings (SSSR count). The number of likely N-dealkylation sites (tertiary alicyclic amines) is 1. The van der Waals surface area contributed by atoms with Crippen LogP contribution in [0.15, 0.2) is 23.2 Å². The number of aliphatic imine (C=N–C) groups is 1. The van der Waals surface area contributed by atoms with Gasteiger partial charge in [-0.1, -0.05) is 12.1 Å². The van der Waals surface area contributed by atoms with Gasteiger partial charge in [-0.3, -0.25) is 0 Å². The second-order valence-electron chi connectivity index (χ2n) is 8.44. The molecular weight excluding hydrogens is 503 g/mol. The van der Waals surface area contributed by atoms with E-state index in [4.69, 9.17) is 14.5 Å². The van der Waals surface area contributed by atoms with Gasteiger partial charge in [-0.15, -0.1) is 24.0 Å². The second kappa shape index (κ2) is 14.9. The molecule has 2 heterocycles. The Morgan fingerprint density at radius 1 is 1.19 bits per heavy atom. The minimum absolute atomic E-state index is 0. The largest absolute Gasteiger partial charge is 0.491 e. The molecule has 7 heteroatoms. The van der Waals surface area contributed by atoms with Crippen LogP contribution in [0, 0.1) is 6.92 Å². The van der Waals surface area contributed by atoms with Crippen molar-refractivity contribution in [1.82, 2.24) is 15.5 Å². The van der Waals surface area contributed by atoms with Crippen LogP contribution in [0.5, 0.6) is 5.75 Å². The van der Waals surface area contributed by atoms with E-state index in [9.17, 15) is 0 Å². The molecule has 0 bridgehead atoms. The number of halogens is 1. The van der Waals surface area contributed by atoms with Crippen molar-refractivity contribution < 1.29 is 9.47 Å². The molecule has 0 amide bonds. The third-order valence-corrected chi connectivity index (χ3v) is 5.82. The Morgan fingerprint density at radius 3 is 2.77 bits per heavy atom. The maximum Gasteiger partial charge on any atom is 0.191 e. The van der Waals surface area contributed by atoms with E-state index in [0.29, 0.717) is 13.2 Å². The summed E-state index contributed by atoms with van der Waals surface area (Å²) >= 11 is 0. The molecule has 2 aliphatic heterocycles. The van der Waals surface area contributed by atoms with Crippen molar-refractivity contribution in [2.75, 3.05) is 45.9 Å². The summed E-state index contributed by atoms with van der Waals surface area (Å²) in [5.41, 5.74) is 2.32. The molecule has 0 aliphatic carbocycles. The van der Waals surface area contributed by atoms with Gasteiger partial charge in [0, 0.05) is 25.3 Å². The average Bonchev–Trinajstić information content (AvgIpc) is 3.45. The van der Waals surface area contributed by atoms with E-state index >= 15 is 0 Å². The van der Waals surface area contributed by atoms with E-state index in [-0.39, 0.29) is 30.1 Å². The van der Waals surface area contributed by atoms with E-state index in [1.165, 1.54) is 50.9 Å². The van der Waals surface area contributed by atoms with Crippen LogP contribution in [0.3, 0.4) is 0 Å². The van der Waals surface area contributed by atoms with E-state index < -0.39 is 0 Å². The number of guanidine groups is 1. The molecule has 1 aromatic carbocycles. The van der Waals surface area contributed by atoms with Gasteiger partial charge in [0.2, 0.25) is 0 Å². The molecule has 0 aromatic heterocycles. The van der Waals surface area contributed by atoms with Gasteiger partial charge in [-0.25, -0.2) is 4.99 Å². The minimum Gasteiger partial charge on any atom is -0.491 e. The Hall–Kier alpha value is -1.06. The fourth-order valence-electron chi connectivity index (χ4n) is 4.06. The third kappa shape index (κ3) is 9.53. The summed E-state index contributed by atoms with van der Waals surface area (Å²) in [6, 6.07) is 6.37. The highest BCUT2D eigenvalue weighted by Crippen LogP contribution is 2.23. The molecule has 1 unspecified atom stereocenters. The van der Waals surface area contributed by atoms with E-state index in [2.05, 4.69) is 47.6 Å². The van der Waals surface area contributed by atoms with Crippen LogP contribution in [-0.4, -0.2) is 62.9 Å². The van der Waals surface area contributed by atoms with Gasteiger partial charge >= 0.3 is 0 Å². The lowest BCUT2D eigenvalue weighted by molar-refractivity contribution is 0.0676. The first-order valence-corrected chi connectivity index (χ1v) is 11.8. The summed E-state index contributed by atoms with van der Waals surface area (Å²) in [4.78, 5) is 7.38. The summed E-state index contributed by atoms with van der Waals surface area (Å²) < 4.78 is 11.8. The smallest absolute Gasteiger partial charge is 0.191 e. The number of aryl methyl sites for hydroxylation is 1. The van der Waals surface area contributed by atoms with E-state index in [1.54, 1.807) is 0 Å². The van der Waals surface area contributed by atoms with Crippen LogP contribution in [0.2, 0.25) is 0 Å². The van der Waals surface area contributed by atoms with Crippen LogP contribution in [0.1, 0.15) is 56.6 Å². The monoisotopic (exact) mass is 544 g/mol. The molecule has 6 nitrogen and oxygen atoms in total. The molecule has 2 saturated heterocycles. The lowest BCUT2D eigenvalue weighted by atomic mass is 10.1. The first-order chi connectivity index (χ1) is 14.7. The maximum atomic E-state index is 6.12. The van der Waals surface area contributed by atoms with Gasteiger partial charge in [0.25, 0.3) is 0 Å². The number of nitrogens with one attached hydrogen (secondary N) is 2. The second-order valence-corrected chi connectivity index (χ2v) is 8.44. The quantitative estimate of drug-likeness (QED) is 0.190. The fourth-order valence-corrected chi connectivity index (χ4v) is 4.06. The summed E-state index contributed by atoms with van der Waals surface area (Å²) in [6.07, 6.45) is 7.59. The van der Waals surface area contributed by atoms with Crippen molar-refractivity contribution >= 4 is 29.9 Å². The van der Waals surface area contributed by atoms with Gasteiger partial charge < -0.3 is 25.0 Å². The molecule has 0 saturated carbocycles. The minimum atomic E-state index is 0. The lowest BCUT2D eigenvalue weighted by Crippen LogP contribution is -2.38. The van der Waals surface area contributed by atoms with Gasteiger partial charge in [0.15, 0.2) is 5.96 Å². The lowest BCUT2D eigenvalue weighted by Gasteiger charge is -2.16. The zero-order chi connectivity index (χ0) is 21.0. The predicted molar refractivity (Wildman–Crippen MR) is 139 cm³/mol. The molecule has 2 fully saturated rings. The Kier molecular flexibility index (Phi) is 12.6. The molecule has 2 aliphatic rings. The number of nitrogens with zero attached hydrogens (tertiary/aromatic N) is 2. The molecule has 2 N–H and O–H groups in total. The van der Waals surface area contributed by atoms with Crippen molar-refractivity contribution in [1.29, 1.82) is 0 Å². The fraction of sp³-hybridized carbons (Fsp3) is 0.708. The summed E-state index contributed by atoms with van der Waals surface area (Å²) in [5, 5.41) is 6.84. The molecular formula is C24H41IN4O2. The number of rotatable bonds is 11. The van der Waals surface area contributed by atoms with Gasteiger partial charge in [0.1, 0.15) is 12.4 Å². The van der Waals surface area contributed by atoms with Crippen molar-refractivity contribution in [3.05, 3.63) is 29.3 Å². The third-order valence-electron chi connectivity index (χ3n) is 5.82. The molecule has 1 aromatic rings. The Morgan fingerprint density at radius 2 is 2.03 bits per heavy atom. The normalized spacial score (nSPS) is 19.3. The average molecular weight is 545 g/mol. The van der Waals surface area contributed by atoms with E-state index in [0.717, 1.165) is 49.8 Å². The van der Waals surface area contributed by atoms with Crippen molar-refractivity contribution in [2.45, 2.75) is 65.0 Å². The summed E-state index contributed by atoms with van der Waals surface area (Å²) in [5.74, 6) is 1.81. The maximum absolute atomic E-state index is 6.12. The van der Waals surface area contributed by atoms with Crippen LogP contribution >= 0.6 is 24.0 Å². The Labute approximate surface area is 205 Å². The Bertz CT molecular complexity index is 659. The number of hydrogen-bond acceptors (Lipinski definition) is 4. The van der Waals surface area contributed by atoms with Crippen molar-refractivity contribution in [3.63, 3.8) is 0 Å². The van der Waals surface area contributed by atoms with Crippen LogP contribution in [0.25, 0.3) is 0 Å². The number of ether oxygens (including phenoxy) is 2. The molecule has 31 heavy (non-hydrogen) atoms. The standard InChI is InChI=1S/C24H40N4O2.HI/c1-3-25-24(26-12-4-5-13-28-14-6-7-15-28)27-18-21-11-10-20(2)17-23(21)30-19-22-9-8-16-29-22;/h10-11,17,22H,3-9,12-16,18-19H2,1-2H3,(H2,25,26,27);1H. The topological polar surface area (TPSA) is 58.1 Å². The number of benzene rings is 1. The highest BCUT2D eigenvalue weighted by Gasteiger charge is 2.17. The molecule has 0 spiro atoms. The van der Waals surface area contributed by atoms with Crippen LogP contribution < -0.4 is 15.4 Å². The van der Waals surface area contributed by atoms with Gasteiger partial charge in [0.05, 0.1) is 12.6 Å². The predicted octanol–water partition coefficient (Wildman–Crippen LogP) is 4.10. The SMILES string of the molecule is CCNC(=NCc1ccc(C)cc1OCC1CCCO1)NCCCCN1CCCC1.I. The highest BCUT2D eigenvalue weighted by molar-refractivity contribution is 14.0. The highest BCUT2D eigenvalue weighted by atomic mass is 127. The summed E-state index contributed by atoms with van der Waals surface area (Å²) in [6.45, 7) is 11.9. The van der Waals surface area contributed by atoms with E-state index in [1.807, 2.05) is 0 Å². The zero-order valence-corrected chi connectivity index (χ0v) is 21.7. The van der Waals surface area contributed by atoms with Gasteiger partial charge in [-0.05, 0) is 83.6 Å². The zero-order valence-electron chi connectivity index (χ0n) is 19.3. The first kappa shape index (κ1) is 26.2. The summed E-state index contributed by atoms with van der Waals surface area (Å²) in [7, 11) is 0. The molecule has 1 atom stereocenters.